The molecule has 212 valence electrons. The van der Waals surface area contributed by atoms with E-state index in [-0.39, 0.29) is 0 Å². The zero-order valence-corrected chi connectivity index (χ0v) is 27.8. The highest BCUT2D eigenvalue weighted by molar-refractivity contribution is 6.34. The van der Waals surface area contributed by atoms with Crippen LogP contribution in [0.1, 0.15) is 136 Å². The van der Waals surface area contributed by atoms with Crippen LogP contribution in [0.15, 0.2) is 48.6 Å². The Morgan fingerprint density at radius 3 is 1.57 bits per heavy atom. The molecule has 37 heavy (non-hydrogen) atoms. The minimum atomic E-state index is 0.697. The van der Waals surface area contributed by atoms with Gasteiger partial charge in [-0.05, 0) is 78.8 Å². The smallest absolute Gasteiger partial charge is 0.0482 e. The molecule has 0 fully saturated rings. The molecule has 0 amide bonds. The van der Waals surface area contributed by atoms with E-state index >= 15 is 0 Å². The van der Waals surface area contributed by atoms with Gasteiger partial charge in [-0.3, -0.25) is 0 Å². The number of halogens is 2. The average molecular weight is 550 g/mol. The summed E-state index contributed by atoms with van der Waals surface area (Å²) < 4.78 is 0. The van der Waals surface area contributed by atoms with Gasteiger partial charge in [-0.2, -0.15) is 0 Å². The molecule has 0 saturated carbocycles. The molecule has 0 aliphatic carbocycles. The molecule has 0 aliphatic rings. The largest absolute Gasteiger partial charge is 0.0843 e. The van der Waals surface area contributed by atoms with Crippen LogP contribution in [0.4, 0.5) is 0 Å². The van der Waals surface area contributed by atoms with Crippen molar-refractivity contribution in [1.82, 2.24) is 0 Å². The van der Waals surface area contributed by atoms with E-state index in [1.54, 1.807) is 0 Å². The fourth-order valence-corrected chi connectivity index (χ4v) is 2.94. The SMILES string of the molecule is CC.CC/C=C\C(=C(/C)c1cc(Cl)ccc1Cl)c1ccc(C)c(C)c1.CCCC.CCCC.CCCC. The molecular weight excluding hydrogens is 491 g/mol. The van der Waals surface area contributed by atoms with Gasteiger partial charge in [0.25, 0.3) is 0 Å². The highest BCUT2D eigenvalue weighted by Crippen LogP contribution is 2.33. The Balaban J connectivity index is -0.000000685. The highest BCUT2D eigenvalue weighted by atomic mass is 35.5. The van der Waals surface area contributed by atoms with Gasteiger partial charge in [0.15, 0.2) is 0 Å². The van der Waals surface area contributed by atoms with Crippen LogP contribution in [-0.2, 0) is 0 Å². The van der Waals surface area contributed by atoms with Crippen LogP contribution < -0.4 is 0 Å². The molecule has 2 rings (SSSR count). The summed E-state index contributed by atoms with van der Waals surface area (Å²) in [6.45, 7) is 25.6. The van der Waals surface area contributed by atoms with E-state index < -0.39 is 0 Å². The quantitative estimate of drug-likeness (QED) is 0.238. The van der Waals surface area contributed by atoms with Gasteiger partial charge in [0.2, 0.25) is 0 Å². The lowest BCUT2D eigenvalue weighted by molar-refractivity contribution is 0.886. The Morgan fingerprint density at radius 2 is 1.16 bits per heavy atom. The van der Waals surface area contributed by atoms with Gasteiger partial charge < -0.3 is 0 Å². The standard InChI is InChI=1S/C21H22Cl2.3C4H10.C2H6/c1-5-6-7-19(17-9-8-14(2)15(3)12-17)16(4)20-13-18(22)10-11-21(20)23;3*1-3-4-2;1-2/h6-13H,5H2,1-4H3;3*3-4H2,1-2H3;1-2H3/b7-6-,19-16-;;;;. The maximum absolute atomic E-state index is 6.40. The van der Waals surface area contributed by atoms with E-state index in [4.69, 9.17) is 23.2 Å². The molecular formula is C35H58Cl2. The van der Waals surface area contributed by atoms with Crippen molar-refractivity contribution in [3.05, 3.63) is 80.8 Å². The van der Waals surface area contributed by atoms with Crippen molar-refractivity contribution in [2.24, 2.45) is 0 Å². The van der Waals surface area contributed by atoms with Crippen LogP contribution in [0.25, 0.3) is 11.1 Å². The third kappa shape index (κ3) is 19.3. The molecule has 0 bridgehead atoms. The lowest BCUT2D eigenvalue weighted by Crippen LogP contribution is -1.91. The summed E-state index contributed by atoms with van der Waals surface area (Å²) in [5, 5.41) is 1.42. The molecule has 2 aromatic carbocycles. The van der Waals surface area contributed by atoms with Gasteiger partial charge in [-0.15, -0.1) is 0 Å². The Kier molecular flexibility index (Phi) is 29.8. The van der Waals surface area contributed by atoms with Crippen LogP contribution in [0.3, 0.4) is 0 Å². The Labute approximate surface area is 242 Å². The maximum Gasteiger partial charge on any atom is 0.0482 e. The molecule has 0 spiro atoms. The van der Waals surface area contributed by atoms with Crippen LogP contribution in [0.2, 0.25) is 10.0 Å². The predicted molar refractivity (Wildman–Crippen MR) is 177 cm³/mol. The Hall–Kier alpha value is -1.50. The van der Waals surface area contributed by atoms with Gasteiger partial charge >= 0.3 is 0 Å². The molecule has 2 aromatic rings. The van der Waals surface area contributed by atoms with E-state index in [2.05, 4.69) is 99.6 Å². The molecule has 0 heterocycles. The summed E-state index contributed by atoms with van der Waals surface area (Å²) in [6, 6.07) is 12.2. The third-order valence-corrected chi connectivity index (χ3v) is 6.14. The van der Waals surface area contributed by atoms with E-state index in [1.165, 1.54) is 60.8 Å². The van der Waals surface area contributed by atoms with Crippen LogP contribution in [0.5, 0.6) is 0 Å². The van der Waals surface area contributed by atoms with Crippen molar-refractivity contribution in [3.8, 4) is 0 Å². The summed E-state index contributed by atoms with van der Waals surface area (Å²) in [6.07, 6.45) is 13.3. The first kappa shape index (κ1) is 40.0. The lowest BCUT2D eigenvalue weighted by Gasteiger charge is -2.13. The molecule has 0 atom stereocenters. The van der Waals surface area contributed by atoms with Crippen molar-refractivity contribution < 1.29 is 0 Å². The van der Waals surface area contributed by atoms with Crippen LogP contribution >= 0.6 is 23.2 Å². The first-order valence-electron chi connectivity index (χ1n) is 14.6. The fourth-order valence-electron chi connectivity index (χ4n) is 2.51. The topological polar surface area (TPSA) is 0 Å². The van der Waals surface area contributed by atoms with Crippen molar-refractivity contribution in [2.75, 3.05) is 0 Å². The zero-order valence-electron chi connectivity index (χ0n) is 26.3. The van der Waals surface area contributed by atoms with Gasteiger partial charge in [0.1, 0.15) is 0 Å². The summed E-state index contributed by atoms with van der Waals surface area (Å²) >= 11 is 12.6. The molecule has 0 N–H and O–H groups in total. The highest BCUT2D eigenvalue weighted by Gasteiger charge is 2.10. The van der Waals surface area contributed by atoms with Crippen molar-refractivity contribution >= 4 is 34.3 Å². The summed E-state index contributed by atoms with van der Waals surface area (Å²) in [5.74, 6) is 0. The monoisotopic (exact) mass is 548 g/mol. The second-order valence-electron chi connectivity index (χ2n) is 8.77. The van der Waals surface area contributed by atoms with Gasteiger partial charge in [0, 0.05) is 10.0 Å². The van der Waals surface area contributed by atoms with Gasteiger partial charge in [-0.25, -0.2) is 0 Å². The number of aryl methyl sites for hydroxylation is 2. The first-order chi connectivity index (χ1) is 17.7. The molecule has 0 aliphatic heterocycles. The fraction of sp³-hybridized carbons (Fsp3) is 0.543. The van der Waals surface area contributed by atoms with Crippen molar-refractivity contribution in [1.29, 1.82) is 0 Å². The predicted octanol–water partition coefficient (Wildman–Crippen LogP) is 14.0. The Morgan fingerprint density at radius 1 is 0.676 bits per heavy atom. The van der Waals surface area contributed by atoms with Gasteiger partial charge in [0.05, 0.1) is 0 Å². The number of allylic oxidation sites excluding steroid dienone is 4. The number of unbranched alkanes of at least 4 members (excludes halogenated alkanes) is 3. The average Bonchev–Trinajstić information content (AvgIpc) is 2.93. The number of benzene rings is 2. The maximum atomic E-state index is 6.40. The van der Waals surface area contributed by atoms with Crippen molar-refractivity contribution in [3.63, 3.8) is 0 Å². The number of hydrogen-bond acceptors (Lipinski definition) is 0. The molecule has 2 heteroatoms. The number of rotatable bonds is 7. The zero-order chi connectivity index (χ0) is 29.2. The lowest BCUT2D eigenvalue weighted by atomic mass is 9.93. The minimum absolute atomic E-state index is 0.697. The summed E-state index contributed by atoms with van der Waals surface area (Å²) in [5.41, 5.74) is 7.07. The third-order valence-electron chi connectivity index (χ3n) is 5.57. The van der Waals surface area contributed by atoms with Crippen LogP contribution in [0, 0.1) is 13.8 Å². The molecule has 0 radical (unpaired) electrons. The minimum Gasteiger partial charge on any atom is -0.0843 e. The molecule has 0 saturated heterocycles. The normalized spacial score (nSPS) is 10.4. The van der Waals surface area contributed by atoms with Crippen LogP contribution in [-0.4, -0.2) is 0 Å². The van der Waals surface area contributed by atoms with Gasteiger partial charge in [-0.1, -0.05) is 154 Å². The first-order valence-corrected chi connectivity index (χ1v) is 15.3. The van der Waals surface area contributed by atoms with E-state index in [9.17, 15) is 0 Å². The Bertz CT molecular complexity index is 844. The summed E-state index contributed by atoms with van der Waals surface area (Å²) in [7, 11) is 0. The number of hydrogen-bond donors (Lipinski definition) is 0. The molecule has 0 unspecified atom stereocenters. The van der Waals surface area contributed by atoms with Crippen molar-refractivity contribution in [2.45, 2.75) is 128 Å². The molecule has 0 aromatic heterocycles. The molecule has 0 nitrogen and oxygen atoms in total. The summed E-state index contributed by atoms with van der Waals surface area (Å²) in [4.78, 5) is 0. The van der Waals surface area contributed by atoms with E-state index in [0.717, 1.165) is 22.6 Å². The second kappa shape index (κ2) is 27.5. The van der Waals surface area contributed by atoms with E-state index in [1.807, 2.05) is 32.0 Å². The van der Waals surface area contributed by atoms with E-state index in [0.29, 0.717) is 5.02 Å². The second-order valence-corrected chi connectivity index (χ2v) is 9.62.